The maximum atomic E-state index is 11.3. The first-order valence-electron chi connectivity index (χ1n) is 5.82. The summed E-state index contributed by atoms with van der Waals surface area (Å²) in [5.41, 5.74) is 0. The van der Waals surface area contributed by atoms with Gasteiger partial charge in [0.15, 0.2) is 5.78 Å². The Morgan fingerprint density at radius 2 is 1.80 bits per heavy atom. The van der Waals surface area contributed by atoms with E-state index in [9.17, 15) is 9.59 Å². The summed E-state index contributed by atoms with van der Waals surface area (Å²) in [7, 11) is 0. The van der Waals surface area contributed by atoms with Crippen molar-refractivity contribution in [2.24, 2.45) is 0 Å². The Morgan fingerprint density at radius 1 is 1.20 bits per heavy atom. The number of carbonyl (C=O) groups excluding carboxylic acids is 2. The number of Topliss-reactive ketones (excluding diaryl/α,β-unsaturated/α-hetero) is 1. The molecule has 1 unspecified atom stereocenters. The molecule has 0 aliphatic heterocycles. The van der Waals surface area contributed by atoms with E-state index in [0.717, 1.165) is 12.8 Å². The van der Waals surface area contributed by atoms with E-state index in [1.54, 1.807) is 0 Å². The summed E-state index contributed by atoms with van der Waals surface area (Å²) in [6, 6.07) is 0. The molecule has 15 heavy (non-hydrogen) atoms. The third kappa shape index (κ3) is 9.03. The van der Waals surface area contributed by atoms with Crippen LogP contribution >= 0.6 is 22.6 Å². The number of hydrogen-bond acceptors (Lipinski definition) is 2. The third-order valence-electron chi connectivity index (χ3n) is 2.45. The maximum Gasteiger partial charge on any atom is 0.152 e. The van der Waals surface area contributed by atoms with Crippen molar-refractivity contribution in [2.45, 2.75) is 62.2 Å². The van der Waals surface area contributed by atoms with Crippen molar-refractivity contribution in [3.05, 3.63) is 0 Å². The van der Waals surface area contributed by atoms with Gasteiger partial charge in [0.05, 0.1) is 10.3 Å². The first kappa shape index (κ1) is 15.1. The molecule has 0 N–H and O–H groups in total. The van der Waals surface area contributed by atoms with Crippen LogP contribution in [0.4, 0.5) is 0 Å². The highest BCUT2D eigenvalue weighted by Gasteiger charge is 2.12. The summed E-state index contributed by atoms with van der Waals surface area (Å²) in [6.07, 6.45) is 9.22. The molecule has 0 amide bonds. The van der Waals surface area contributed by atoms with Crippen LogP contribution in [-0.4, -0.2) is 16.0 Å². The molecule has 0 aromatic carbocycles. The quantitative estimate of drug-likeness (QED) is 0.202. The second kappa shape index (κ2) is 10.6. The van der Waals surface area contributed by atoms with Crippen molar-refractivity contribution in [1.29, 1.82) is 0 Å². The van der Waals surface area contributed by atoms with Gasteiger partial charge in [0.1, 0.15) is 6.29 Å². The molecule has 0 aliphatic carbocycles. The molecule has 1 atom stereocenters. The van der Waals surface area contributed by atoms with Crippen LogP contribution in [0.15, 0.2) is 0 Å². The number of ketones is 1. The Hall–Kier alpha value is 0.0700. The minimum absolute atomic E-state index is 0.0407. The second-order valence-corrected chi connectivity index (χ2v) is 5.36. The van der Waals surface area contributed by atoms with Crippen molar-refractivity contribution in [3.63, 3.8) is 0 Å². The summed E-state index contributed by atoms with van der Waals surface area (Å²) in [5.74, 6) is 0.0826. The number of halogens is 1. The zero-order valence-electron chi connectivity index (χ0n) is 9.51. The molecule has 0 saturated heterocycles. The van der Waals surface area contributed by atoms with E-state index in [4.69, 9.17) is 0 Å². The molecule has 0 aromatic heterocycles. The first-order valence-corrected chi connectivity index (χ1v) is 7.07. The Kier molecular flexibility index (Phi) is 10.6. The molecule has 88 valence electrons. The maximum absolute atomic E-state index is 11.3. The minimum atomic E-state index is 0.0407. The van der Waals surface area contributed by atoms with E-state index in [-0.39, 0.29) is 16.1 Å². The third-order valence-corrected chi connectivity index (χ3v) is 3.76. The Balaban J connectivity index is 3.34. The second-order valence-electron chi connectivity index (χ2n) is 3.86. The van der Waals surface area contributed by atoms with Crippen LogP contribution in [-0.2, 0) is 9.59 Å². The van der Waals surface area contributed by atoms with Gasteiger partial charge in [0.2, 0.25) is 0 Å². The summed E-state index contributed by atoms with van der Waals surface area (Å²) >= 11 is 2.15. The van der Waals surface area contributed by atoms with Crippen molar-refractivity contribution >= 4 is 34.7 Å². The lowest BCUT2D eigenvalue weighted by molar-refractivity contribution is -0.121. The highest BCUT2D eigenvalue weighted by atomic mass is 127. The van der Waals surface area contributed by atoms with E-state index in [0.29, 0.717) is 6.29 Å². The van der Waals surface area contributed by atoms with Crippen molar-refractivity contribution in [2.75, 3.05) is 0 Å². The number of unbranched alkanes of at least 4 members (excludes halogenated alkanes) is 5. The van der Waals surface area contributed by atoms with Crippen LogP contribution in [0.5, 0.6) is 0 Å². The lowest BCUT2D eigenvalue weighted by Gasteiger charge is -2.06. The van der Waals surface area contributed by atoms with Gasteiger partial charge in [0.25, 0.3) is 0 Å². The molecule has 0 fully saturated rings. The average molecular weight is 324 g/mol. The van der Waals surface area contributed by atoms with E-state index >= 15 is 0 Å². The number of rotatable bonds is 10. The Bertz CT molecular complexity index is 180. The molecule has 0 heterocycles. The van der Waals surface area contributed by atoms with Crippen LogP contribution < -0.4 is 0 Å². The minimum Gasteiger partial charge on any atom is -0.303 e. The fraction of sp³-hybridized carbons (Fsp3) is 0.833. The molecular weight excluding hydrogens is 303 g/mol. The predicted octanol–water partition coefficient (Wildman–Crippen LogP) is 3.70. The van der Waals surface area contributed by atoms with Gasteiger partial charge in [-0.1, -0.05) is 68.0 Å². The fourth-order valence-electron chi connectivity index (χ4n) is 1.47. The molecule has 0 aromatic rings. The standard InChI is InChI=1S/C12H21IO2/c1-2-3-4-5-6-7-8-11(13)12(15)9-10-14/h10-11H,2-9H2,1H3. The molecule has 0 saturated carbocycles. The monoisotopic (exact) mass is 324 g/mol. The lowest BCUT2D eigenvalue weighted by Crippen LogP contribution is -2.13. The molecule has 3 heteroatoms. The van der Waals surface area contributed by atoms with Crippen LogP contribution in [0.25, 0.3) is 0 Å². The van der Waals surface area contributed by atoms with Crippen LogP contribution in [0.1, 0.15) is 58.3 Å². The molecule has 0 radical (unpaired) electrons. The molecule has 0 bridgehead atoms. The SMILES string of the molecule is CCCCCCCCC(I)C(=O)CC=O. The van der Waals surface area contributed by atoms with Crippen molar-refractivity contribution in [1.82, 2.24) is 0 Å². The Labute approximate surface area is 106 Å². The number of carbonyl (C=O) groups is 2. The van der Waals surface area contributed by atoms with E-state index in [1.807, 2.05) is 0 Å². The zero-order valence-corrected chi connectivity index (χ0v) is 11.7. The molecule has 0 spiro atoms. The summed E-state index contributed by atoms with van der Waals surface area (Å²) < 4.78 is 0.0407. The number of aldehydes is 1. The Morgan fingerprint density at radius 3 is 2.40 bits per heavy atom. The predicted molar refractivity (Wildman–Crippen MR) is 71.5 cm³/mol. The smallest absolute Gasteiger partial charge is 0.152 e. The van der Waals surface area contributed by atoms with Gasteiger partial charge in [-0.15, -0.1) is 0 Å². The van der Waals surface area contributed by atoms with Crippen LogP contribution in [0.3, 0.4) is 0 Å². The number of hydrogen-bond donors (Lipinski definition) is 0. The summed E-state index contributed by atoms with van der Waals surface area (Å²) in [4.78, 5) is 21.4. The van der Waals surface area contributed by atoms with E-state index in [2.05, 4.69) is 29.5 Å². The molecule has 2 nitrogen and oxygen atoms in total. The number of alkyl halides is 1. The van der Waals surface area contributed by atoms with Gasteiger partial charge in [0, 0.05) is 0 Å². The summed E-state index contributed by atoms with van der Waals surface area (Å²) in [6.45, 7) is 2.21. The van der Waals surface area contributed by atoms with Gasteiger partial charge in [-0.3, -0.25) is 4.79 Å². The molecule has 0 rings (SSSR count). The van der Waals surface area contributed by atoms with E-state index in [1.165, 1.54) is 32.1 Å². The topological polar surface area (TPSA) is 34.1 Å². The van der Waals surface area contributed by atoms with E-state index < -0.39 is 0 Å². The normalized spacial score (nSPS) is 12.4. The van der Waals surface area contributed by atoms with Crippen molar-refractivity contribution in [3.8, 4) is 0 Å². The zero-order chi connectivity index (χ0) is 11.5. The van der Waals surface area contributed by atoms with Gasteiger partial charge in [-0.25, -0.2) is 0 Å². The highest BCUT2D eigenvalue weighted by molar-refractivity contribution is 14.1. The van der Waals surface area contributed by atoms with Crippen LogP contribution in [0, 0.1) is 0 Å². The van der Waals surface area contributed by atoms with Crippen LogP contribution in [0.2, 0.25) is 0 Å². The fourth-order valence-corrected chi connectivity index (χ4v) is 2.17. The van der Waals surface area contributed by atoms with Gasteiger partial charge >= 0.3 is 0 Å². The average Bonchev–Trinajstić information content (AvgIpc) is 2.23. The molecule has 0 aliphatic rings. The van der Waals surface area contributed by atoms with Gasteiger partial charge < -0.3 is 4.79 Å². The lowest BCUT2D eigenvalue weighted by atomic mass is 10.1. The molecular formula is C12H21IO2. The summed E-state index contributed by atoms with van der Waals surface area (Å²) in [5, 5.41) is 0. The first-order chi connectivity index (χ1) is 7.22. The highest BCUT2D eigenvalue weighted by Crippen LogP contribution is 2.15. The van der Waals surface area contributed by atoms with Crippen molar-refractivity contribution < 1.29 is 9.59 Å². The van der Waals surface area contributed by atoms with Gasteiger partial charge in [-0.05, 0) is 6.42 Å². The van der Waals surface area contributed by atoms with Gasteiger partial charge in [-0.2, -0.15) is 0 Å². The largest absolute Gasteiger partial charge is 0.303 e.